The van der Waals surface area contributed by atoms with E-state index in [-0.39, 0.29) is 35.2 Å². The molecule has 10 aromatic rings. The number of hydrogen-bond donors (Lipinski definition) is 0. The van der Waals surface area contributed by atoms with Crippen molar-refractivity contribution in [2.45, 2.75) is 67.2 Å². The van der Waals surface area contributed by atoms with E-state index in [1.807, 2.05) is 64.1 Å². The third-order valence-corrected chi connectivity index (χ3v) is 16.9. The van der Waals surface area contributed by atoms with Crippen LogP contribution in [-0.4, -0.2) is 37.4 Å². The van der Waals surface area contributed by atoms with Crippen LogP contribution in [0.25, 0.3) is 66.1 Å². The van der Waals surface area contributed by atoms with Gasteiger partial charge in [0.1, 0.15) is 11.5 Å². The van der Waals surface area contributed by atoms with Gasteiger partial charge in [-0.3, -0.25) is 19.2 Å². The highest BCUT2D eigenvalue weighted by Gasteiger charge is 2.33. The molecule has 0 heterocycles. The first-order valence-corrected chi connectivity index (χ1v) is 28.6. The van der Waals surface area contributed by atoms with Gasteiger partial charge in [0, 0.05) is 51.3 Å². The SMILES string of the molecule is COc1ccc(-c2cccc3c2C(=O)C(C)C3)c2ccccc12.COc1ccc2cc(-c3cccc4c3C(=O)C(C)C4)ccc2c1.Cc1ccc(-c2cccc3c2C(=O)C(C)C3)cc1.Cc1cccc(-c2cccc3c2C(=O)C(C)C3)c1. The molecule has 0 saturated carbocycles. The zero-order valence-corrected chi connectivity index (χ0v) is 48.1. The van der Waals surface area contributed by atoms with Crippen LogP contribution in [0.2, 0.25) is 0 Å². The Morgan fingerprint density at radius 3 is 1.26 bits per heavy atom. The summed E-state index contributed by atoms with van der Waals surface area (Å²) in [5.74, 6) is 3.26. The monoisotopic (exact) mass is 1080 g/mol. The van der Waals surface area contributed by atoms with Crippen molar-refractivity contribution in [1.29, 1.82) is 0 Å². The van der Waals surface area contributed by atoms with E-state index < -0.39 is 0 Å². The van der Waals surface area contributed by atoms with Crippen LogP contribution in [-0.2, 0) is 25.7 Å². The molecule has 14 rings (SSSR count). The van der Waals surface area contributed by atoms with Crippen molar-refractivity contribution in [3.05, 3.63) is 250 Å². The molecule has 6 nitrogen and oxygen atoms in total. The molecule has 0 aliphatic heterocycles. The summed E-state index contributed by atoms with van der Waals surface area (Å²) in [6.07, 6.45) is 3.46. The molecular weight excluding hydrogens is 1010 g/mol. The molecule has 6 heteroatoms. The first kappa shape index (κ1) is 54.9. The van der Waals surface area contributed by atoms with Gasteiger partial charge in [-0.05, 0) is 147 Å². The summed E-state index contributed by atoms with van der Waals surface area (Å²) in [7, 11) is 3.36. The highest BCUT2D eigenvalue weighted by atomic mass is 16.5. The second-order valence-electron chi connectivity index (χ2n) is 22.8. The minimum Gasteiger partial charge on any atom is -0.497 e. The highest BCUT2D eigenvalue weighted by Crippen LogP contribution is 2.42. The Morgan fingerprint density at radius 2 is 0.756 bits per heavy atom. The molecule has 4 aliphatic rings. The van der Waals surface area contributed by atoms with Gasteiger partial charge in [-0.1, -0.05) is 209 Å². The Morgan fingerprint density at radius 1 is 0.329 bits per heavy atom. The zero-order chi connectivity index (χ0) is 57.3. The van der Waals surface area contributed by atoms with E-state index in [4.69, 9.17) is 9.47 Å². The van der Waals surface area contributed by atoms with Gasteiger partial charge >= 0.3 is 0 Å². The largest absolute Gasteiger partial charge is 0.497 e. The number of Topliss-reactive ketones (excluding diaryl/α,β-unsaturated/α-hetero) is 4. The van der Waals surface area contributed by atoms with E-state index >= 15 is 0 Å². The maximum Gasteiger partial charge on any atom is 0.166 e. The van der Waals surface area contributed by atoms with Crippen molar-refractivity contribution in [1.82, 2.24) is 0 Å². The van der Waals surface area contributed by atoms with Crippen LogP contribution in [0, 0.1) is 37.5 Å². The Labute approximate surface area is 481 Å². The summed E-state index contributed by atoms with van der Waals surface area (Å²) >= 11 is 0. The molecule has 4 aliphatic carbocycles. The summed E-state index contributed by atoms with van der Waals surface area (Å²) in [4.78, 5) is 49.7. The molecule has 10 aromatic carbocycles. The lowest BCUT2D eigenvalue weighted by Crippen LogP contribution is -2.04. The van der Waals surface area contributed by atoms with Crippen LogP contribution in [0.5, 0.6) is 11.5 Å². The lowest BCUT2D eigenvalue weighted by atomic mass is 9.92. The highest BCUT2D eigenvalue weighted by molar-refractivity contribution is 6.12. The maximum atomic E-state index is 12.6. The number of benzene rings is 10. The summed E-state index contributed by atoms with van der Waals surface area (Å²) in [5.41, 5.74) is 19.6. The first-order valence-electron chi connectivity index (χ1n) is 28.6. The van der Waals surface area contributed by atoms with E-state index in [9.17, 15) is 19.2 Å². The van der Waals surface area contributed by atoms with Crippen LogP contribution < -0.4 is 9.47 Å². The quantitative estimate of drug-likeness (QED) is 0.165. The fourth-order valence-electron chi connectivity index (χ4n) is 12.6. The minimum atomic E-state index is 0.0793. The molecule has 0 spiro atoms. The molecule has 4 unspecified atom stereocenters. The number of rotatable bonds is 6. The lowest BCUT2D eigenvalue weighted by molar-refractivity contribution is 0.0939. The van der Waals surface area contributed by atoms with Gasteiger partial charge < -0.3 is 9.47 Å². The van der Waals surface area contributed by atoms with Crippen LogP contribution in [0.4, 0.5) is 0 Å². The third-order valence-electron chi connectivity index (χ3n) is 16.9. The molecule has 408 valence electrons. The second-order valence-corrected chi connectivity index (χ2v) is 22.8. The Kier molecular flexibility index (Phi) is 15.6. The van der Waals surface area contributed by atoms with Crippen molar-refractivity contribution in [2.75, 3.05) is 14.2 Å². The second kappa shape index (κ2) is 23.2. The summed E-state index contributed by atoms with van der Waals surface area (Å²) in [6, 6.07) is 66.1. The maximum absolute atomic E-state index is 12.6. The average Bonchev–Trinajstić information content (AvgIpc) is 4.35. The van der Waals surface area contributed by atoms with Crippen molar-refractivity contribution in [3.63, 3.8) is 0 Å². The van der Waals surface area contributed by atoms with Crippen molar-refractivity contribution in [2.24, 2.45) is 23.7 Å². The van der Waals surface area contributed by atoms with Gasteiger partial charge in [-0.15, -0.1) is 0 Å². The van der Waals surface area contributed by atoms with E-state index in [2.05, 4.69) is 172 Å². The summed E-state index contributed by atoms with van der Waals surface area (Å²) in [6.45, 7) is 12.2. The minimum absolute atomic E-state index is 0.0793. The van der Waals surface area contributed by atoms with E-state index in [1.54, 1.807) is 14.2 Å². The van der Waals surface area contributed by atoms with Gasteiger partial charge in [0.2, 0.25) is 0 Å². The smallest absolute Gasteiger partial charge is 0.166 e. The number of carbonyl (C=O) groups is 4. The number of aryl methyl sites for hydroxylation is 2. The number of methoxy groups -OCH3 is 2. The van der Waals surface area contributed by atoms with E-state index in [0.717, 1.165) is 125 Å². The zero-order valence-electron chi connectivity index (χ0n) is 48.1. The average molecular weight is 1080 g/mol. The van der Waals surface area contributed by atoms with Crippen LogP contribution >= 0.6 is 0 Å². The Bertz CT molecular complexity index is 4140. The molecule has 0 bridgehead atoms. The van der Waals surface area contributed by atoms with E-state index in [0.29, 0.717) is 11.6 Å². The fourth-order valence-corrected chi connectivity index (χ4v) is 12.6. The molecule has 82 heavy (non-hydrogen) atoms. The van der Waals surface area contributed by atoms with Crippen molar-refractivity contribution >= 4 is 44.7 Å². The van der Waals surface area contributed by atoms with Crippen LogP contribution in [0.3, 0.4) is 0 Å². The summed E-state index contributed by atoms with van der Waals surface area (Å²) < 4.78 is 10.8. The van der Waals surface area contributed by atoms with Crippen molar-refractivity contribution < 1.29 is 28.7 Å². The van der Waals surface area contributed by atoms with Gasteiger partial charge in [0.05, 0.1) is 14.2 Å². The van der Waals surface area contributed by atoms with E-state index in [1.165, 1.54) is 33.4 Å². The molecule has 0 fully saturated rings. The van der Waals surface area contributed by atoms with Crippen LogP contribution in [0.15, 0.2) is 194 Å². The molecule has 0 N–H and O–H groups in total. The van der Waals surface area contributed by atoms with Crippen LogP contribution in [0.1, 0.15) is 103 Å². The van der Waals surface area contributed by atoms with Crippen molar-refractivity contribution in [3.8, 4) is 56.0 Å². The summed E-state index contributed by atoms with van der Waals surface area (Å²) in [5, 5.41) is 4.48. The standard InChI is InChI=1S/2C21H18O2.2C17H16O/c1-13-12-14-6-5-9-18(20(14)21(13)22)16-10-11-19(23-2)17-8-4-3-7-15(16)17;1-13-10-17-4-3-5-19(20(17)21(13)22)16-7-6-15-12-18(23-2)9-8-14(15)11-16;1-11-5-3-6-13(9-11)15-8-4-7-14-10-12(2)17(18)16(14)15;1-11-6-8-13(9-7-11)15-5-3-4-14-10-12(2)17(18)16(14)15/h3-11,13H,12H2,1-2H3;3-9,11-13H,10H2,1-2H3;2*3-9,12H,10H2,1-2H3. The number of carbonyl (C=O) groups excluding carboxylic acids is 4. The number of hydrogen-bond acceptors (Lipinski definition) is 6. The fraction of sp³-hybridized carbons (Fsp3) is 0.211. The number of fused-ring (bicyclic) bond motifs is 6. The van der Waals surface area contributed by atoms with Gasteiger partial charge in [-0.2, -0.15) is 0 Å². The first-order chi connectivity index (χ1) is 39.7. The Hall–Kier alpha value is -9.00. The number of ketones is 4. The topological polar surface area (TPSA) is 86.7 Å². The third kappa shape index (κ3) is 10.6. The van der Waals surface area contributed by atoms with Gasteiger partial charge in [0.25, 0.3) is 0 Å². The number of ether oxygens (including phenoxy) is 2. The van der Waals surface area contributed by atoms with Gasteiger partial charge in [-0.25, -0.2) is 0 Å². The molecule has 0 radical (unpaired) electrons. The molecule has 0 saturated heterocycles. The molecule has 0 aromatic heterocycles. The van der Waals surface area contributed by atoms with Gasteiger partial charge in [0.15, 0.2) is 23.1 Å². The Balaban J connectivity index is 0.000000115. The molecule has 0 amide bonds. The predicted octanol–water partition coefficient (Wildman–Crippen LogP) is 17.9. The molecule has 4 atom stereocenters. The predicted molar refractivity (Wildman–Crippen MR) is 334 cm³/mol. The normalized spacial score (nSPS) is 17.2. The molecular formula is C76H68O6. The lowest BCUT2D eigenvalue weighted by Gasteiger charge is -2.13.